The predicted octanol–water partition coefficient (Wildman–Crippen LogP) is 2.83. The Morgan fingerprint density at radius 1 is 1.13 bits per heavy atom. The third kappa shape index (κ3) is 4.02. The van der Waals surface area contributed by atoms with Crippen LogP contribution in [0.5, 0.6) is 0 Å². The molecule has 4 N–H and O–H groups in total. The summed E-state index contributed by atoms with van der Waals surface area (Å²) in [5.41, 5.74) is 5.35. The van der Waals surface area contributed by atoms with Crippen molar-refractivity contribution in [1.82, 2.24) is 10.3 Å². The average Bonchev–Trinajstić information content (AvgIpc) is 3.11. The highest BCUT2D eigenvalue weighted by Crippen LogP contribution is 2.34. The lowest BCUT2D eigenvalue weighted by molar-refractivity contribution is -0.121. The van der Waals surface area contributed by atoms with Gasteiger partial charge in [0.05, 0.1) is 21.7 Å². The smallest absolute Gasteiger partial charge is 0.269 e. The normalized spacial score (nSPS) is 13.7. The van der Waals surface area contributed by atoms with Crippen molar-refractivity contribution >= 4 is 32.6 Å². The Morgan fingerprint density at radius 2 is 1.81 bits per heavy atom. The standard InChI is InChI=1S/C21H21F2N3O4S/c1-10-5-4-6-13(9-10)31(29,30)19-16-15(8-7-14(22)17(16)23)26-18(19)21(28)25-12(3)11(2)20(24)27/h4-9,11-12,26H,1-3H3,(H2,24,27)(H,25,28). The summed E-state index contributed by atoms with van der Waals surface area (Å²) in [6.07, 6.45) is 0. The number of hydrogen-bond donors (Lipinski definition) is 3. The van der Waals surface area contributed by atoms with Crippen LogP contribution in [0.15, 0.2) is 46.2 Å². The van der Waals surface area contributed by atoms with Crippen molar-refractivity contribution in [2.75, 3.05) is 0 Å². The Hall–Kier alpha value is -3.27. The van der Waals surface area contributed by atoms with E-state index in [1.54, 1.807) is 13.0 Å². The Bertz CT molecular complexity index is 1300. The summed E-state index contributed by atoms with van der Waals surface area (Å²) in [4.78, 5) is 26.1. The van der Waals surface area contributed by atoms with Crippen LogP contribution >= 0.6 is 0 Å². The fourth-order valence-electron chi connectivity index (χ4n) is 3.17. The van der Waals surface area contributed by atoms with Crippen LogP contribution in [0.25, 0.3) is 10.9 Å². The van der Waals surface area contributed by atoms with Gasteiger partial charge in [0, 0.05) is 6.04 Å². The molecule has 3 rings (SSSR count). The summed E-state index contributed by atoms with van der Waals surface area (Å²) in [6.45, 7) is 4.69. The van der Waals surface area contributed by atoms with E-state index in [1.807, 2.05) is 0 Å². The van der Waals surface area contributed by atoms with E-state index in [-0.39, 0.29) is 10.4 Å². The monoisotopic (exact) mass is 449 g/mol. The summed E-state index contributed by atoms with van der Waals surface area (Å²) < 4.78 is 55.5. The number of carbonyl (C=O) groups is 2. The van der Waals surface area contributed by atoms with Crippen LogP contribution in [-0.4, -0.2) is 31.3 Å². The van der Waals surface area contributed by atoms with E-state index >= 15 is 0 Å². The zero-order valence-corrected chi connectivity index (χ0v) is 17.8. The van der Waals surface area contributed by atoms with Gasteiger partial charge in [-0.25, -0.2) is 17.2 Å². The molecule has 0 radical (unpaired) electrons. The van der Waals surface area contributed by atoms with Gasteiger partial charge >= 0.3 is 0 Å². The van der Waals surface area contributed by atoms with E-state index in [2.05, 4.69) is 10.3 Å². The molecule has 2 aromatic carbocycles. The number of nitrogens with two attached hydrogens (primary N) is 1. The lowest BCUT2D eigenvalue weighted by Gasteiger charge is -2.18. The highest BCUT2D eigenvalue weighted by atomic mass is 32.2. The number of aromatic nitrogens is 1. The van der Waals surface area contributed by atoms with Crippen molar-refractivity contribution in [1.29, 1.82) is 0 Å². The average molecular weight is 449 g/mol. The molecule has 0 spiro atoms. The Morgan fingerprint density at radius 3 is 2.42 bits per heavy atom. The molecule has 2 unspecified atom stereocenters. The number of aryl methyl sites for hydroxylation is 1. The number of rotatable bonds is 6. The number of hydrogen-bond acceptors (Lipinski definition) is 4. The highest BCUT2D eigenvalue weighted by Gasteiger charge is 2.33. The molecule has 7 nitrogen and oxygen atoms in total. The lowest BCUT2D eigenvalue weighted by Crippen LogP contribution is -2.42. The van der Waals surface area contributed by atoms with Crippen molar-refractivity contribution in [2.24, 2.45) is 11.7 Å². The number of primary amides is 1. The Balaban J connectivity index is 2.25. The van der Waals surface area contributed by atoms with Crippen molar-refractivity contribution in [3.8, 4) is 0 Å². The molecule has 3 aromatic rings. The van der Waals surface area contributed by atoms with Crippen molar-refractivity contribution in [3.05, 3.63) is 59.3 Å². The van der Waals surface area contributed by atoms with Gasteiger partial charge in [0.1, 0.15) is 10.6 Å². The van der Waals surface area contributed by atoms with Crippen LogP contribution in [0.1, 0.15) is 29.9 Å². The second-order valence-corrected chi connectivity index (χ2v) is 9.27. The minimum atomic E-state index is -4.42. The molecule has 10 heteroatoms. The van der Waals surface area contributed by atoms with Crippen molar-refractivity contribution in [2.45, 2.75) is 36.6 Å². The summed E-state index contributed by atoms with van der Waals surface area (Å²) in [5.74, 6) is -4.96. The number of nitrogens with one attached hydrogen (secondary N) is 2. The second-order valence-electron chi connectivity index (χ2n) is 7.39. The summed E-state index contributed by atoms with van der Waals surface area (Å²) in [5, 5.41) is 1.94. The van der Waals surface area contributed by atoms with E-state index in [0.29, 0.717) is 5.56 Å². The molecule has 0 aliphatic heterocycles. The molecule has 164 valence electrons. The number of aromatic amines is 1. The first-order chi connectivity index (χ1) is 14.4. The van der Waals surface area contributed by atoms with E-state index in [4.69, 9.17) is 5.73 Å². The van der Waals surface area contributed by atoms with Gasteiger partial charge in [-0.05, 0) is 43.7 Å². The van der Waals surface area contributed by atoms with Crippen LogP contribution < -0.4 is 11.1 Å². The first-order valence-electron chi connectivity index (χ1n) is 9.36. The minimum Gasteiger partial charge on any atom is -0.369 e. The largest absolute Gasteiger partial charge is 0.369 e. The molecule has 1 heterocycles. The summed E-state index contributed by atoms with van der Waals surface area (Å²) >= 11 is 0. The van der Waals surface area contributed by atoms with Gasteiger partial charge in [-0.3, -0.25) is 9.59 Å². The Labute approximate surface area is 177 Å². The zero-order valence-electron chi connectivity index (χ0n) is 17.0. The van der Waals surface area contributed by atoms with Gasteiger partial charge in [0.25, 0.3) is 5.91 Å². The maximum atomic E-state index is 14.7. The predicted molar refractivity (Wildman–Crippen MR) is 110 cm³/mol. The van der Waals surface area contributed by atoms with E-state index in [0.717, 1.165) is 12.1 Å². The van der Waals surface area contributed by atoms with Crippen LogP contribution in [-0.2, 0) is 14.6 Å². The number of benzene rings is 2. The maximum absolute atomic E-state index is 14.7. The fourth-order valence-corrected chi connectivity index (χ4v) is 4.89. The summed E-state index contributed by atoms with van der Waals surface area (Å²) in [7, 11) is -4.42. The number of H-pyrrole nitrogens is 1. The molecule has 0 fully saturated rings. The molecule has 0 aliphatic carbocycles. The van der Waals surface area contributed by atoms with Gasteiger partial charge in [-0.1, -0.05) is 19.1 Å². The molecule has 0 bridgehead atoms. The van der Waals surface area contributed by atoms with Crippen LogP contribution in [0.2, 0.25) is 0 Å². The zero-order chi connectivity index (χ0) is 23.1. The van der Waals surface area contributed by atoms with Crippen LogP contribution in [0.3, 0.4) is 0 Å². The molecular formula is C21H21F2N3O4S. The number of amides is 2. The Kier molecular flexibility index (Phi) is 5.86. The SMILES string of the molecule is Cc1cccc(S(=O)(=O)c2c(C(=O)NC(C)C(C)C(N)=O)[nH]c3ccc(F)c(F)c23)c1. The third-order valence-electron chi connectivity index (χ3n) is 5.16. The number of fused-ring (bicyclic) bond motifs is 1. The third-order valence-corrected chi connectivity index (χ3v) is 6.98. The van der Waals surface area contributed by atoms with Gasteiger partial charge in [0.15, 0.2) is 11.6 Å². The van der Waals surface area contributed by atoms with Gasteiger partial charge in [-0.2, -0.15) is 0 Å². The van der Waals surface area contributed by atoms with Gasteiger partial charge < -0.3 is 16.0 Å². The van der Waals surface area contributed by atoms with Gasteiger partial charge in [0.2, 0.25) is 15.7 Å². The lowest BCUT2D eigenvalue weighted by atomic mass is 10.0. The fraction of sp³-hybridized carbons (Fsp3) is 0.238. The molecule has 31 heavy (non-hydrogen) atoms. The van der Waals surface area contributed by atoms with E-state index in [9.17, 15) is 26.8 Å². The van der Waals surface area contributed by atoms with E-state index in [1.165, 1.54) is 32.0 Å². The minimum absolute atomic E-state index is 0.0640. The molecule has 0 aliphatic rings. The van der Waals surface area contributed by atoms with Crippen LogP contribution in [0.4, 0.5) is 8.78 Å². The van der Waals surface area contributed by atoms with Crippen LogP contribution in [0, 0.1) is 24.5 Å². The molecule has 0 saturated heterocycles. The van der Waals surface area contributed by atoms with E-state index < -0.39 is 61.2 Å². The molecule has 1 aromatic heterocycles. The quantitative estimate of drug-likeness (QED) is 0.536. The second kappa shape index (κ2) is 8.10. The number of sulfone groups is 1. The molecule has 2 atom stereocenters. The maximum Gasteiger partial charge on any atom is 0.269 e. The first-order valence-corrected chi connectivity index (χ1v) is 10.8. The number of carbonyl (C=O) groups excluding carboxylic acids is 2. The molecule has 0 saturated carbocycles. The highest BCUT2D eigenvalue weighted by molar-refractivity contribution is 7.91. The van der Waals surface area contributed by atoms with Crippen molar-refractivity contribution in [3.63, 3.8) is 0 Å². The number of halogens is 2. The topological polar surface area (TPSA) is 122 Å². The molecular weight excluding hydrogens is 428 g/mol. The van der Waals surface area contributed by atoms with Gasteiger partial charge in [-0.15, -0.1) is 0 Å². The summed E-state index contributed by atoms with van der Waals surface area (Å²) in [6, 6.07) is 7.08. The molecule has 2 amide bonds. The van der Waals surface area contributed by atoms with Crippen molar-refractivity contribution < 1.29 is 26.8 Å². The first kappa shape index (κ1) is 22.4.